The SMILES string of the molecule is CCOC(=O)C(CC)=C(C)C. The monoisotopic (exact) mass is 156 g/mol. The molecule has 0 heterocycles. The van der Waals surface area contributed by atoms with Crippen LogP contribution in [-0.2, 0) is 9.53 Å². The quantitative estimate of drug-likeness (QED) is 0.463. The van der Waals surface area contributed by atoms with Crippen LogP contribution in [0.15, 0.2) is 11.1 Å². The summed E-state index contributed by atoms with van der Waals surface area (Å²) in [5.41, 5.74) is 1.85. The smallest absolute Gasteiger partial charge is 0.333 e. The van der Waals surface area contributed by atoms with Gasteiger partial charge in [-0.15, -0.1) is 0 Å². The van der Waals surface area contributed by atoms with E-state index >= 15 is 0 Å². The van der Waals surface area contributed by atoms with Gasteiger partial charge in [0.15, 0.2) is 0 Å². The summed E-state index contributed by atoms with van der Waals surface area (Å²) in [5, 5.41) is 0. The first-order valence-corrected chi connectivity index (χ1v) is 3.96. The van der Waals surface area contributed by atoms with Crippen LogP contribution in [0.2, 0.25) is 0 Å². The van der Waals surface area contributed by atoms with Gasteiger partial charge >= 0.3 is 5.97 Å². The van der Waals surface area contributed by atoms with Crippen molar-refractivity contribution in [3.8, 4) is 0 Å². The maximum Gasteiger partial charge on any atom is 0.333 e. The second-order valence-electron chi connectivity index (χ2n) is 2.55. The first kappa shape index (κ1) is 10.2. The highest BCUT2D eigenvalue weighted by Crippen LogP contribution is 2.09. The van der Waals surface area contributed by atoms with Gasteiger partial charge in [-0.2, -0.15) is 0 Å². The van der Waals surface area contributed by atoms with Gasteiger partial charge in [-0.3, -0.25) is 0 Å². The molecule has 2 nitrogen and oxygen atoms in total. The number of carbonyl (C=O) groups excluding carboxylic acids is 1. The highest BCUT2D eigenvalue weighted by atomic mass is 16.5. The molecule has 0 N–H and O–H groups in total. The molecule has 0 amide bonds. The molecule has 64 valence electrons. The van der Waals surface area contributed by atoms with Crippen LogP contribution in [-0.4, -0.2) is 12.6 Å². The second-order valence-corrected chi connectivity index (χ2v) is 2.55. The summed E-state index contributed by atoms with van der Waals surface area (Å²) in [5.74, 6) is -0.171. The Hall–Kier alpha value is -0.790. The van der Waals surface area contributed by atoms with E-state index in [4.69, 9.17) is 4.74 Å². The van der Waals surface area contributed by atoms with E-state index < -0.39 is 0 Å². The van der Waals surface area contributed by atoms with Crippen LogP contribution in [0, 0.1) is 0 Å². The van der Waals surface area contributed by atoms with Crippen molar-refractivity contribution in [3.05, 3.63) is 11.1 Å². The highest BCUT2D eigenvalue weighted by Gasteiger charge is 2.08. The van der Waals surface area contributed by atoms with E-state index in [1.165, 1.54) is 0 Å². The van der Waals surface area contributed by atoms with E-state index in [0.717, 1.165) is 17.6 Å². The van der Waals surface area contributed by atoms with E-state index in [1.807, 2.05) is 27.7 Å². The Bertz CT molecular complexity index is 164. The minimum Gasteiger partial charge on any atom is -0.463 e. The summed E-state index contributed by atoms with van der Waals surface area (Å²) < 4.78 is 4.86. The zero-order valence-electron chi connectivity index (χ0n) is 7.73. The minimum atomic E-state index is -0.171. The third-order valence-electron chi connectivity index (χ3n) is 1.48. The molecule has 0 aliphatic rings. The van der Waals surface area contributed by atoms with Gasteiger partial charge < -0.3 is 4.74 Å². The maximum absolute atomic E-state index is 11.1. The molecule has 0 aliphatic carbocycles. The van der Waals surface area contributed by atoms with Crippen LogP contribution >= 0.6 is 0 Å². The molecule has 0 aliphatic heterocycles. The summed E-state index contributed by atoms with van der Waals surface area (Å²) in [7, 11) is 0. The Morgan fingerprint density at radius 1 is 1.27 bits per heavy atom. The molecule has 0 aromatic heterocycles. The van der Waals surface area contributed by atoms with Gasteiger partial charge in [-0.25, -0.2) is 4.79 Å². The maximum atomic E-state index is 11.1. The lowest BCUT2D eigenvalue weighted by atomic mass is 10.1. The Balaban J connectivity index is 4.28. The van der Waals surface area contributed by atoms with E-state index in [0.29, 0.717) is 6.61 Å². The lowest BCUT2D eigenvalue weighted by molar-refractivity contribution is -0.138. The third-order valence-corrected chi connectivity index (χ3v) is 1.48. The van der Waals surface area contributed by atoms with Gasteiger partial charge in [0.25, 0.3) is 0 Å². The van der Waals surface area contributed by atoms with E-state index in [-0.39, 0.29) is 5.97 Å². The Kier molecular flexibility index (Phi) is 4.59. The molecule has 2 heteroatoms. The number of rotatable bonds is 3. The fraction of sp³-hybridized carbons (Fsp3) is 0.667. The van der Waals surface area contributed by atoms with Crippen molar-refractivity contribution in [1.29, 1.82) is 0 Å². The van der Waals surface area contributed by atoms with Crippen molar-refractivity contribution in [1.82, 2.24) is 0 Å². The van der Waals surface area contributed by atoms with Crippen molar-refractivity contribution in [2.45, 2.75) is 34.1 Å². The van der Waals surface area contributed by atoms with Crippen LogP contribution < -0.4 is 0 Å². The number of allylic oxidation sites excluding steroid dienone is 1. The largest absolute Gasteiger partial charge is 0.463 e. The van der Waals surface area contributed by atoms with E-state index in [1.54, 1.807) is 0 Å². The van der Waals surface area contributed by atoms with Crippen molar-refractivity contribution >= 4 is 5.97 Å². The molecule has 0 unspecified atom stereocenters. The molecule has 0 saturated heterocycles. The van der Waals surface area contributed by atoms with Crippen LogP contribution in [0.4, 0.5) is 0 Å². The molecule has 0 bridgehead atoms. The number of hydrogen-bond donors (Lipinski definition) is 0. The minimum absolute atomic E-state index is 0.171. The predicted octanol–water partition coefficient (Wildman–Crippen LogP) is 2.30. The highest BCUT2D eigenvalue weighted by molar-refractivity contribution is 5.89. The third kappa shape index (κ3) is 3.21. The van der Waals surface area contributed by atoms with Crippen LogP contribution in [0.1, 0.15) is 34.1 Å². The fourth-order valence-corrected chi connectivity index (χ4v) is 0.920. The zero-order chi connectivity index (χ0) is 8.85. The molecule has 0 rings (SSSR count). The number of esters is 1. The van der Waals surface area contributed by atoms with Crippen molar-refractivity contribution < 1.29 is 9.53 Å². The molecule has 11 heavy (non-hydrogen) atoms. The average molecular weight is 156 g/mol. The molecule has 0 fully saturated rings. The van der Waals surface area contributed by atoms with Gasteiger partial charge in [0.05, 0.1) is 6.61 Å². The Labute approximate surface area is 68.2 Å². The van der Waals surface area contributed by atoms with Gasteiger partial charge in [0.2, 0.25) is 0 Å². The summed E-state index contributed by atoms with van der Waals surface area (Å²) in [4.78, 5) is 11.1. The topological polar surface area (TPSA) is 26.3 Å². The van der Waals surface area contributed by atoms with Crippen LogP contribution in [0.5, 0.6) is 0 Å². The van der Waals surface area contributed by atoms with Crippen LogP contribution in [0.25, 0.3) is 0 Å². The number of carbonyl (C=O) groups is 1. The van der Waals surface area contributed by atoms with Gasteiger partial charge in [0.1, 0.15) is 0 Å². The van der Waals surface area contributed by atoms with E-state index in [9.17, 15) is 4.79 Å². The summed E-state index contributed by atoms with van der Waals surface area (Å²) in [6, 6.07) is 0. The molecule has 0 spiro atoms. The Morgan fingerprint density at radius 3 is 2.09 bits per heavy atom. The normalized spacial score (nSPS) is 9.09. The van der Waals surface area contributed by atoms with Gasteiger partial charge in [0, 0.05) is 5.57 Å². The van der Waals surface area contributed by atoms with Crippen molar-refractivity contribution in [3.63, 3.8) is 0 Å². The lowest BCUT2D eigenvalue weighted by Crippen LogP contribution is -2.08. The number of hydrogen-bond acceptors (Lipinski definition) is 2. The molecular formula is C9H16O2. The second kappa shape index (κ2) is 4.94. The lowest BCUT2D eigenvalue weighted by Gasteiger charge is -2.05. The van der Waals surface area contributed by atoms with Crippen molar-refractivity contribution in [2.75, 3.05) is 6.61 Å². The standard InChI is InChI=1S/C9H16O2/c1-5-8(7(3)4)9(10)11-6-2/h5-6H2,1-4H3. The predicted molar refractivity (Wildman–Crippen MR) is 45.3 cm³/mol. The summed E-state index contributed by atoms with van der Waals surface area (Å²) in [6.07, 6.45) is 0.751. The van der Waals surface area contributed by atoms with Gasteiger partial charge in [-0.05, 0) is 27.2 Å². The number of ether oxygens (including phenoxy) is 1. The first-order valence-electron chi connectivity index (χ1n) is 3.96. The van der Waals surface area contributed by atoms with E-state index in [2.05, 4.69) is 0 Å². The molecule has 0 radical (unpaired) electrons. The average Bonchev–Trinajstić information content (AvgIpc) is 1.88. The zero-order valence-corrected chi connectivity index (χ0v) is 7.73. The summed E-state index contributed by atoms with van der Waals surface area (Å²) in [6.45, 7) is 8.08. The molecule has 0 aromatic rings. The van der Waals surface area contributed by atoms with Crippen molar-refractivity contribution in [2.24, 2.45) is 0 Å². The molecule has 0 saturated carbocycles. The molecular weight excluding hydrogens is 140 g/mol. The fourth-order valence-electron chi connectivity index (χ4n) is 0.920. The molecule has 0 aromatic carbocycles. The first-order chi connectivity index (χ1) is 5.13. The summed E-state index contributed by atoms with van der Waals surface area (Å²) >= 11 is 0. The van der Waals surface area contributed by atoms with Crippen LogP contribution in [0.3, 0.4) is 0 Å². The molecule has 0 atom stereocenters. The van der Waals surface area contributed by atoms with Gasteiger partial charge in [-0.1, -0.05) is 12.5 Å². The Morgan fingerprint density at radius 2 is 1.82 bits per heavy atom.